The lowest BCUT2D eigenvalue weighted by Gasteiger charge is -2.12. The minimum Gasteiger partial charge on any atom is -0.448 e. The number of nitro benzene ring substituents is 1. The highest BCUT2D eigenvalue weighted by Crippen LogP contribution is 2.27. The van der Waals surface area contributed by atoms with Crippen molar-refractivity contribution in [1.82, 2.24) is 0 Å². The van der Waals surface area contributed by atoms with Gasteiger partial charge in [0.15, 0.2) is 6.10 Å². The van der Waals surface area contributed by atoms with E-state index in [1.54, 1.807) is 6.07 Å². The van der Waals surface area contributed by atoms with Crippen LogP contribution in [0.4, 0.5) is 15.8 Å². The maximum Gasteiger partial charge on any atom is 0.349 e. The minimum absolute atomic E-state index is 0.171. The number of ether oxygens (including phenoxy) is 1. The smallest absolute Gasteiger partial charge is 0.349 e. The summed E-state index contributed by atoms with van der Waals surface area (Å²) in [6.07, 6.45) is -1.13. The van der Waals surface area contributed by atoms with Crippen molar-refractivity contribution in [2.24, 2.45) is 0 Å². The van der Waals surface area contributed by atoms with Crippen molar-refractivity contribution in [2.75, 3.05) is 5.32 Å². The van der Waals surface area contributed by atoms with Crippen LogP contribution in [0.15, 0.2) is 48.5 Å². The molecule has 9 heteroatoms. The normalized spacial score (nSPS) is 11.8. The Morgan fingerprint density at radius 3 is 2.74 bits per heavy atom. The van der Waals surface area contributed by atoms with Crippen LogP contribution in [0.5, 0.6) is 0 Å². The molecule has 1 amide bonds. The fraction of sp³-hybridized carbons (Fsp3) is 0.111. The fourth-order valence-corrected chi connectivity index (χ4v) is 3.25. The molecule has 0 aliphatic carbocycles. The molecule has 0 saturated heterocycles. The van der Waals surface area contributed by atoms with Gasteiger partial charge in [-0.25, -0.2) is 9.18 Å². The first kappa shape index (κ1) is 18.5. The van der Waals surface area contributed by atoms with Gasteiger partial charge >= 0.3 is 5.97 Å². The number of hydrogen-bond acceptors (Lipinski definition) is 6. The maximum atomic E-state index is 13.2. The molecule has 0 spiro atoms. The van der Waals surface area contributed by atoms with Gasteiger partial charge in [0.2, 0.25) is 0 Å². The Bertz CT molecular complexity index is 1050. The van der Waals surface area contributed by atoms with E-state index in [-0.39, 0.29) is 16.3 Å². The van der Waals surface area contributed by atoms with Crippen LogP contribution in [0.3, 0.4) is 0 Å². The van der Waals surface area contributed by atoms with E-state index >= 15 is 0 Å². The number of nitro groups is 1. The molecule has 1 atom stereocenters. The van der Waals surface area contributed by atoms with Crippen molar-refractivity contribution in [3.05, 3.63) is 69.3 Å². The molecule has 7 nitrogen and oxygen atoms in total. The van der Waals surface area contributed by atoms with E-state index in [9.17, 15) is 24.1 Å². The molecule has 1 N–H and O–H groups in total. The number of carbonyl (C=O) groups is 2. The zero-order chi connectivity index (χ0) is 19.6. The quantitative estimate of drug-likeness (QED) is 0.402. The van der Waals surface area contributed by atoms with Crippen LogP contribution >= 0.6 is 11.3 Å². The second-order valence-electron chi connectivity index (χ2n) is 5.64. The zero-order valence-electron chi connectivity index (χ0n) is 14.0. The molecule has 3 rings (SSSR count). The van der Waals surface area contributed by atoms with Crippen LogP contribution in [-0.4, -0.2) is 22.9 Å². The van der Waals surface area contributed by atoms with Crippen LogP contribution in [0.2, 0.25) is 0 Å². The van der Waals surface area contributed by atoms with Crippen LogP contribution < -0.4 is 5.32 Å². The number of fused-ring (bicyclic) bond motifs is 1. The highest BCUT2D eigenvalue weighted by molar-refractivity contribution is 7.20. The molecule has 138 valence electrons. The molecule has 0 radical (unpaired) electrons. The number of non-ortho nitro benzene ring substituents is 1. The number of amides is 1. The molecular formula is C18H13FN2O5S. The van der Waals surface area contributed by atoms with Gasteiger partial charge in [-0.15, -0.1) is 11.3 Å². The number of hydrogen-bond donors (Lipinski definition) is 1. The van der Waals surface area contributed by atoms with Gasteiger partial charge in [0.05, 0.1) is 4.92 Å². The molecule has 3 aromatic rings. The van der Waals surface area contributed by atoms with Crippen LogP contribution in [0.25, 0.3) is 10.1 Å². The highest BCUT2D eigenvalue weighted by atomic mass is 32.1. The monoisotopic (exact) mass is 388 g/mol. The number of halogens is 1. The van der Waals surface area contributed by atoms with Gasteiger partial charge in [0.25, 0.3) is 11.6 Å². The summed E-state index contributed by atoms with van der Waals surface area (Å²) >= 11 is 1.13. The SMILES string of the molecule is CC(OC(=O)c1cc2cc(F)ccc2s1)C(=O)Nc1cccc([N+](=O)[O-])c1. The van der Waals surface area contributed by atoms with E-state index in [4.69, 9.17) is 4.74 Å². The summed E-state index contributed by atoms with van der Waals surface area (Å²) in [6.45, 7) is 1.39. The molecule has 1 unspecified atom stereocenters. The molecular weight excluding hydrogens is 375 g/mol. The first-order valence-corrected chi connectivity index (χ1v) is 8.60. The van der Waals surface area contributed by atoms with Gasteiger partial charge in [-0.2, -0.15) is 0 Å². The Labute approximate surface area is 156 Å². The van der Waals surface area contributed by atoms with Gasteiger partial charge in [-0.05, 0) is 42.6 Å². The number of rotatable bonds is 5. The van der Waals surface area contributed by atoms with Gasteiger partial charge in [0, 0.05) is 22.5 Å². The standard InChI is InChI=1S/C18H13FN2O5S/c1-10(17(22)20-13-3-2-4-14(9-13)21(24)25)26-18(23)16-8-11-7-12(19)5-6-15(11)27-16/h2-10H,1H3,(H,20,22). The second-order valence-corrected chi connectivity index (χ2v) is 6.72. The molecule has 0 aliphatic rings. The van der Waals surface area contributed by atoms with E-state index in [1.165, 1.54) is 49.4 Å². The Kier molecular flexibility index (Phi) is 5.13. The molecule has 27 heavy (non-hydrogen) atoms. The third kappa shape index (κ3) is 4.26. The van der Waals surface area contributed by atoms with Crippen molar-refractivity contribution in [1.29, 1.82) is 0 Å². The first-order chi connectivity index (χ1) is 12.8. The molecule has 0 fully saturated rings. The van der Waals surface area contributed by atoms with Crippen LogP contribution in [0.1, 0.15) is 16.6 Å². The third-order valence-corrected chi connectivity index (χ3v) is 4.75. The fourth-order valence-electron chi connectivity index (χ4n) is 2.33. The van der Waals surface area contributed by atoms with Crippen LogP contribution in [0, 0.1) is 15.9 Å². The zero-order valence-corrected chi connectivity index (χ0v) is 14.8. The number of anilines is 1. The van der Waals surface area contributed by atoms with E-state index < -0.39 is 28.7 Å². The number of benzene rings is 2. The van der Waals surface area contributed by atoms with Crippen molar-refractivity contribution in [3.8, 4) is 0 Å². The summed E-state index contributed by atoms with van der Waals surface area (Å²) in [7, 11) is 0. The Hall–Kier alpha value is -3.33. The van der Waals surface area contributed by atoms with Crippen molar-refractivity contribution in [3.63, 3.8) is 0 Å². The topological polar surface area (TPSA) is 98.5 Å². The minimum atomic E-state index is -1.13. The van der Waals surface area contributed by atoms with Crippen molar-refractivity contribution >= 4 is 44.7 Å². The summed E-state index contributed by atoms with van der Waals surface area (Å²) in [5.41, 5.74) is 0.0457. The number of nitrogens with one attached hydrogen (secondary N) is 1. The predicted octanol–water partition coefficient (Wildman–Crippen LogP) is 4.13. The summed E-state index contributed by atoms with van der Waals surface area (Å²) in [4.78, 5) is 34.8. The Morgan fingerprint density at radius 2 is 2.00 bits per heavy atom. The summed E-state index contributed by atoms with van der Waals surface area (Å²) in [6, 6.07) is 11.1. The van der Waals surface area contributed by atoms with E-state index in [2.05, 4.69) is 5.32 Å². The average molecular weight is 388 g/mol. The molecule has 1 heterocycles. The van der Waals surface area contributed by atoms with Gasteiger partial charge in [0.1, 0.15) is 10.7 Å². The van der Waals surface area contributed by atoms with Crippen molar-refractivity contribution in [2.45, 2.75) is 13.0 Å². The molecule has 1 aromatic heterocycles. The number of esters is 1. The van der Waals surface area contributed by atoms with Crippen molar-refractivity contribution < 1.29 is 23.6 Å². The number of thiophene rings is 1. The molecule has 0 bridgehead atoms. The second kappa shape index (κ2) is 7.50. The summed E-state index contributed by atoms with van der Waals surface area (Å²) in [5, 5.41) is 13.8. The lowest BCUT2D eigenvalue weighted by atomic mass is 10.2. The van der Waals surface area contributed by atoms with Gasteiger partial charge < -0.3 is 10.1 Å². The average Bonchev–Trinajstić information content (AvgIpc) is 3.05. The predicted molar refractivity (Wildman–Crippen MR) is 98.4 cm³/mol. The Balaban J connectivity index is 1.67. The molecule has 0 saturated carbocycles. The maximum absolute atomic E-state index is 13.2. The highest BCUT2D eigenvalue weighted by Gasteiger charge is 2.21. The lowest BCUT2D eigenvalue weighted by molar-refractivity contribution is -0.384. The van der Waals surface area contributed by atoms with E-state index in [0.717, 1.165) is 16.0 Å². The third-order valence-electron chi connectivity index (χ3n) is 3.66. The summed E-state index contributed by atoms with van der Waals surface area (Å²) in [5.74, 6) is -1.75. The molecule has 0 aliphatic heterocycles. The van der Waals surface area contributed by atoms with E-state index in [1.807, 2.05) is 0 Å². The van der Waals surface area contributed by atoms with Crippen LogP contribution in [-0.2, 0) is 9.53 Å². The van der Waals surface area contributed by atoms with Gasteiger partial charge in [-0.1, -0.05) is 6.07 Å². The number of carbonyl (C=O) groups excluding carboxylic acids is 2. The largest absolute Gasteiger partial charge is 0.448 e. The number of nitrogens with zero attached hydrogens (tertiary/aromatic N) is 1. The van der Waals surface area contributed by atoms with E-state index in [0.29, 0.717) is 5.39 Å². The lowest BCUT2D eigenvalue weighted by Crippen LogP contribution is -2.29. The first-order valence-electron chi connectivity index (χ1n) is 7.79. The van der Waals surface area contributed by atoms with Gasteiger partial charge in [-0.3, -0.25) is 14.9 Å². The Morgan fingerprint density at radius 1 is 1.22 bits per heavy atom. The molecule has 2 aromatic carbocycles. The summed E-state index contributed by atoms with van der Waals surface area (Å²) < 4.78 is 19.1.